The first-order chi connectivity index (χ1) is 12.6. The second kappa shape index (κ2) is 7.07. The minimum absolute atomic E-state index is 0.0263. The molecule has 7 heteroatoms. The Balaban J connectivity index is 1.48. The molecule has 0 aromatic heterocycles. The second-order valence-corrected chi connectivity index (χ2v) is 7.26. The van der Waals surface area contributed by atoms with Crippen molar-refractivity contribution < 1.29 is 19.1 Å². The molecule has 4 rings (SSSR count). The normalized spacial score (nSPS) is 22.6. The van der Waals surface area contributed by atoms with E-state index in [0.29, 0.717) is 17.5 Å². The van der Waals surface area contributed by atoms with Crippen LogP contribution in [-0.2, 0) is 16.1 Å². The third kappa shape index (κ3) is 3.58. The SMILES string of the molecule is O=C1CNC(=O)N1Cc1cccc(C(=O)N(C[C@H]2CCOC2)C2CC2)c1. The Morgan fingerprint density at radius 3 is 2.77 bits per heavy atom. The lowest BCUT2D eigenvalue weighted by Gasteiger charge is -2.25. The largest absolute Gasteiger partial charge is 0.381 e. The second-order valence-electron chi connectivity index (χ2n) is 7.26. The van der Waals surface area contributed by atoms with Crippen LogP contribution in [0.4, 0.5) is 4.79 Å². The molecule has 2 aliphatic heterocycles. The molecule has 2 heterocycles. The predicted octanol–water partition coefficient (Wildman–Crippen LogP) is 1.38. The van der Waals surface area contributed by atoms with Gasteiger partial charge in [-0.25, -0.2) is 4.79 Å². The standard InChI is InChI=1S/C19H23N3O4/c23-17-9-20-19(25)22(17)10-13-2-1-3-15(8-13)18(24)21(16-4-5-16)11-14-6-7-26-12-14/h1-3,8,14,16H,4-7,9-12H2,(H,20,25)/t14-/m1/s1. The van der Waals surface area contributed by atoms with Crippen molar-refractivity contribution in [1.29, 1.82) is 0 Å². The average molecular weight is 357 g/mol. The fourth-order valence-electron chi connectivity index (χ4n) is 3.56. The summed E-state index contributed by atoms with van der Waals surface area (Å²) in [7, 11) is 0. The zero-order valence-electron chi connectivity index (χ0n) is 14.6. The fraction of sp³-hybridized carbons (Fsp3) is 0.526. The van der Waals surface area contributed by atoms with Crippen LogP contribution in [0.2, 0.25) is 0 Å². The van der Waals surface area contributed by atoms with Gasteiger partial charge in [0.15, 0.2) is 0 Å². The fourth-order valence-corrected chi connectivity index (χ4v) is 3.56. The van der Waals surface area contributed by atoms with E-state index in [1.165, 1.54) is 4.90 Å². The van der Waals surface area contributed by atoms with Crippen molar-refractivity contribution in [3.05, 3.63) is 35.4 Å². The van der Waals surface area contributed by atoms with Gasteiger partial charge in [-0.15, -0.1) is 0 Å². The van der Waals surface area contributed by atoms with Gasteiger partial charge < -0.3 is 15.0 Å². The Kier molecular flexibility index (Phi) is 4.63. The highest BCUT2D eigenvalue weighted by molar-refractivity contribution is 6.02. The molecule has 0 bridgehead atoms. The molecular formula is C19H23N3O4. The summed E-state index contributed by atoms with van der Waals surface area (Å²) < 4.78 is 5.44. The topological polar surface area (TPSA) is 79.0 Å². The van der Waals surface area contributed by atoms with Crippen LogP contribution in [0, 0.1) is 5.92 Å². The molecule has 7 nitrogen and oxygen atoms in total. The van der Waals surface area contributed by atoms with Gasteiger partial charge in [0.1, 0.15) is 0 Å². The molecular weight excluding hydrogens is 334 g/mol. The molecule has 1 atom stereocenters. The Morgan fingerprint density at radius 1 is 1.27 bits per heavy atom. The average Bonchev–Trinajstić information content (AvgIpc) is 3.28. The maximum Gasteiger partial charge on any atom is 0.324 e. The number of carbonyl (C=O) groups excluding carboxylic acids is 3. The van der Waals surface area contributed by atoms with E-state index >= 15 is 0 Å². The van der Waals surface area contributed by atoms with Crippen molar-refractivity contribution >= 4 is 17.8 Å². The summed E-state index contributed by atoms with van der Waals surface area (Å²) in [5, 5.41) is 2.51. The molecule has 3 aliphatic rings. The summed E-state index contributed by atoms with van der Waals surface area (Å²) >= 11 is 0. The molecule has 0 spiro atoms. The first-order valence-corrected chi connectivity index (χ1v) is 9.17. The van der Waals surface area contributed by atoms with E-state index in [0.717, 1.165) is 44.6 Å². The minimum atomic E-state index is -0.382. The number of carbonyl (C=O) groups is 3. The molecule has 1 aliphatic carbocycles. The molecule has 1 N–H and O–H groups in total. The van der Waals surface area contributed by atoms with Crippen LogP contribution in [0.15, 0.2) is 24.3 Å². The predicted molar refractivity (Wildman–Crippen MR) is 93.4 cm³/mol. The molecule has 138 valence electrons. The number of hydrogen-bond donors (Lipinski definition) is 1. The smallest absolute Gasteiger partial charge is 0.324 e. The van der Waals surface area contributed by atoms with E-state index in [1.54, 1.807) is 12.1 Å². The van der Waals surface area contributed by atoms with Crippen LogP contribution in [0.3, 0.4) is 0 Å². The van der Waals surface area contributed by atoms with Gasteiger partial charge in [0.05, 0.1) is 19.7 Å². The number of urea groups is 1. The molecule has 4 amide bonds. The highest BCUT2D eigenvalue weighted by atomic mass is 16.5. The first-order valence-electron chi connectivity index (χ1n) is 9.17. The molecule has 0 radical (unpaired) electrons. The number of ether oxygens (including phenoxy) is 1. The summed E-state index contributed by atoms with van der Waals surface area (Å²) in [6, 6.07) is 7.19. The van der Waals surface area contributed by atoms with Gasteiger partial charge in [0, 0.05) is 30.7 Å². The highest BCUT2D eigenvalue weighted by Crippen LogP contribution is 2.30. The van der Waals surface area contributed by atoms with Crippen molar-refractivity contribution in [3.8, 4) is 0 Å². The van der Waals surface area contributed by atoms with Crippen LogP contribution in [0.5, 0.6) is 0 Å². The van der Waals surface area contributed by atoms with E-state index < -0.39 is 0 Å². The Labute approximate surface area is 152 Å². The number of imide groups is 1. The van der Waals surface area contributed by atoms with Gasteiger partial charge >= 0.3 is 6.03 Å². The Morgan fingerprint density at radius 2 is 2.12 bits per heavy atom. The molecule has 2 saturated heterocycles. The van der Waals surface area contributed by atoms with Crippen LogP contribution in [0.1, 0.15) is 35.2 Å². The van der Waals surface area contributed by atoms with E-state index in [-0.39, 0.29) is 30.9 Å². The van der Waals surface area contributed by atoms with E-state index in [4.69, 9.17) is 4.74 Å². The number of benzene rings is 1. The van der Waals surface area contributed by atoms with Gasteiger partial charge in [0.25, 0.3) is 5.91 Å². The number of amides is 4. The van der Waals surface area contributed by atoms with Gasteiger partial charge in [-0.05, 0) is 37.0 Å². The van der Waals surface area contributed by atoms with Crippen LogP contribution in [-0.4, -0.2) is 60.0 Å². The lowest BCUT2D eigenvalue weighted by Crippen LogP contribution is -2.37. The number of nitrogens with zero attached hydrogens (tertiary/aromatic N) is 2. The molecule has 1 aromatic rings. The molecule has 1 aromatic carbocycles. The summed E-state index contributed by atoms with van der Waals surface area (Å²) in [4.78, 5) is 39.7. The van der Waals surface area contributed by atoms with Crippen molar-refractivity contribution in [3.63, 3.8) is 0 Å². The van der Waals surface area contributed by atoms with E-state index in [9.17, 15) is 14.4 Å². The monoisotopic (exact) mass is 357 g/mol. The van der Waals surface area contributed by atoms with Crippen LogP contribution >= 0.6 is 0 Å². The van der Waals surface area contributed by atoms with E-state index in [2.05, 4.69) is 5.32 Å². The number of nitrogens with one attached hydrogen (secondary N) is 1. The van der Waals surface area contributed by atoms with Gasteiger partial charge in [0.2, 0.25) is 5.91 Å². The maximum atomic E-state index is 13.1. The first kappa shape index (κ1) is 17.0. The zero-order valence-corrected chi connectivity index (χ0v) is 14.6. The Bertz CT molecular complexity index is 709. The minimum Gasteiger partial charge on any atom is -0.381 e. The highest BCUT2D eigenvalue weighted by Gasteiger charge is 2.35. The summed E-state index contributed by atoms with van der Waals surface area (Å²) in [6.07, 6.45) is 3.12. The number of rotatable bonds is 6. The van der Waals surface area contributed by atoms with E-state index in [1.807, 2.05) is 17.0 Å². The molecule has 26 heavy (non-hydrogen) atoms. The lowest BCUT2D eigenvalue weighted by atomic mass is 10.1. The maximum absolute atomic E-state index is 13.1. The van der Waals surface area contributed by atoms with Gasteiger partial charge in [-0.2, -0.15) is 0 Å². The summed E-state index contributed by atoms with van der Waals surface area (Å²) in [6.45, 7) is 2.46. The quantitative estimate of drug-likeness (QED) is 0.780. The van der Waals surface area contributed by atoms with Crippen LogP contribution < -0.4 is 5.32 Å². The Hall–Kier alpha value is -2.41. The van der Waals surface area contributed by atoms with Crippen molar-refractivity contribution in [2.24, 2.45) is 5.92 Å². The zero-order chi connectivity index (χ0) is 18.1. The van der Waals surface area contributed by atoms with Crippen molar-refractivity contribution in [2.75, 3.05) is 26.3 Å². The summed E-state index contributed by atoms with van der Waals surface area (Å²) in [5.41, 5.74) is 1.39. The summed E-state index contributed by atoms with van der Waals surface area (Å²) in [5.74, 6) is 0.194. The van der Waals surface area contributed by atoms with Crippen molar-refractivity contribution in [1.82, 2.24) is 15.1 Å². The lowest BCUT2D eigenvalue weighted by molar-refractivity contribution is -0.125. The molecule has 3 fully saturated rings. The molecule has 1 saturated carbocycles. The molecule has 0 unspecified atom stereocenters. The number of hydrogen-bond acceptors (Lipinski definition) is 4. The van der Waals surface area contributed by atoms with Crippen LogP contribution in [0.25, 0.3) is 0 Å². The van der Waals surface area contributed by atoms with Gasteiger partial charge in [-0.1, -0.05) is 12.1 Å². The third-order valence-electron chi connectivity index (χ3n) is 5.18. The van der Waals surface area contributed by atoms with Crippen molar-refractivity contribution in [2.45, 2.75) is 31.8 Å². The van der Waals surface area contributed by atoms with Gasteiger partial charge in [-0.3, -0.25) is 14.5 Å². The third-order valence-corrected chi connectivity index (χ3v) is 5.18.